The van der Waals surface area contributed by atoms with Crippen molar-refractivity contribution >= 4 is 11.6 Å². The Morgan fingerprint density at radius 1 is 1.08 bits per heavy atom. The number of hydrogen-bond acceptors (Lipinski definition) is 3. The van der Waals surface area contributed by atoms with Crippen LogP contribution in [0.1, 0.15) is 5.56 Å². The second kappa shape index (κ2) is 8.56. The van der Waals surface area contributed by atoms with Gasteiger partial charge in [0, 0.05) is 39.8 Å². The molecule has 1 aliphatic rings. The zero-order chi connectivity index (χ0) is 18.4. The van der Waals surface area contributed by atoms with Gasteiger partial charge in [0.05, 0.1) is 12.8 Å². The molecule has 1 saturated heterocycles. The number of hydrogen-bond donors (Lipinski definition) is 1. The summed E-state index contributed by atoms with van der Waals surface area (Å²) in [7, 11) is 3.50. The summed E-state index contributed by atoms with van der Waals surface area (Å²) >= 11 is 0. The van der Waals surface area contributed by atoms with Gasteiger partial charge < -0.3 is 19.9 Å². The van der Waals surface area contributed by atoms with Crippen LogP contribution in [0.15, 0.2) is 53.5 Å². The van der Waals surface area contributed by atoms with Crippen molar-refractivity contribution in [3.8, 4) is 5.75 Å². The lowest BCUT2D eigenvalue weighted by molar-refractivity contribution is 0.367. The van der Waals surface area contributed by atoms with Crippen LogP contribution in [-0.2, 0) is 6.54 Å². The van der Waals surface area contributed by atoms with Crippen molar-refractivity contribution < 1.29 is 9.13 Å². The van der Waals surface area contributed by atoms with E-state index in [0.29, 0.717) is 6.54 Å². The van der Waals surface area contributed by atoms with Crippen LogP contribution in [0, 0.1) is 5.82 Å². The third-order valence-electron chi connectivity index (χ3n) is 4.58. The van der Waals surface area contributed by atoms with E-state index in [1.165, 1.54) is 12.1 Å². The molecule has 0 bridgehead atoms. The highest BCUT2D eigenvalue weighted by Gasteiger charge is 2.21. The smallest absolute Gasteiger partial charge is 0.194 e. The standard InChI is InChI=1S/C20H25FN4O/c1-22-20(23-15-16-7-9-17(21)10-8-16)25-13-11-24(12-14-25)18-5-3-4-6-19(18)26-2/h3-10H,11-15H2,1-2H3,(H,22,23). The predicted octanol–water partition coefficient (Wildman–Crippen LogP) is 2.73. The molecule has 0 atom stereocenters. The summed E-state index contributed by atoms with van der Waals surface area (Å²) in [5, 5.41) is 3.36. The maximum atomic E-state index is 13.0. The van der Waals surface area contributed by atoms with Crippen LogP contribution in [0.4, 0.5) is 10.1 Å². The van der Waals surface area contributed by atoms with E-state index in [1.54, 1.807) is 26.3 Å². The molecule has 1 aliphatic heterocycles. The van der Waals surface area contributed by atoms with Crippen molar-refractivity contribution in [3.05, 3.63) is 59.9 Å². The summed E-state index contributed by atoms with van der Waals surface area (Å²) in [4.78, 5) is 8.97. The van der Waals surface area contributed by atoms with Crippen LogP contribution < -0.4 is 15.0 Å². The van der Waals surface area contributed by atoms with Crippen LogP contribution in [0.25, 0.3) is 0 Å². The van der Waals surface area contributed by atoms with Crippen molar-refractivity contribution in [2.45, 2.75) is 6.54 Å². The fraction of sp³-hybridized carbons (Fsp3) is 0.350. The van der Waals surface area contributed by atoms with E-state index >= 15 is 0 Å². The molecule has 1 fully saturated rings. The van der Waals surface area contributed by atoms with E-state index in [2.05, 4.69) is 26.2 Å². The average Bonchev–Trinajstić information content (AvgIpc) is 2.70. The minimum atomic E-state index is -0.217. The van der Waals surface area contributed by atoms with E-state index in [9.17, 15) is 4.39 Å². The number of guanidine groups is 1. The Labute approximate surface area is 154 Å². The number of anilines is 1. The van der Waals surface area contributed by atoms with Crippen molar-refractivity contribution in [2.24, 2.45) is 4.99 Å². The average molecular weight is 356 g/mol. The molecular weight excluding hydrogens is 331 g/mol. The van der Waals surface area contributed by atoms with E-state index in [1.807, 2.05) is 18.2 Å². The molecule has 1 N–H and O–H groups in total. The van der Waals surface area contributed by atoms with Gasteiger partial charge in [0.15, 0.2) is 5.96 Å². The SMILES string of the molecule is CN=C(NCc1ccc(F)cc1)N1CCN(c2ccccc2OC)CC1. The second-order valence-electron chi connectivity index (χ2n) is 6.17. The topological polar surface area (TPSA) is 40.1 Å². The second-order valence-corrected chi connectivity index (χ2v) is 6.17. The summed E-state index contributed by atoms with van der Waals surface area (Å²) in [6, 6.07) is 14.6. The van der Waals surface area contributed by atoms with Gasteiger partial charge in [-0.1, -0.05) is 24.3 Å². The molecule has 6 heteroatoms. The first-order valence-corrected chi connectivity index (χ1v) is 8.79. The number of ether oxygens (including phenoxy) is 1. The third kappa shape index (κ3) is 4.25. The first-order valence-electron chi connectivity index (χ1n) is 8.79. The van der Waals surface area contributed by atoms with Crippen molar-refractivity contribution in [3.63, 3.8) is 0 Å². The summed E-state index contributed by atoms with van der Waals surface area (Å²) in [6.45, 7) is 4.18. The largest absolute Gasteiger partial charge is 0.495 e. The number of aliphatic imine (C=N–C) groups is 1. The first kappa shape index (κ1) is 18.0. The summed E-state index contributed by atoms with van der Waals surface area (Å²) in [6.07, 6.45) is 0. The molecule has 0 spiro atoms. The third-order valence-corrected chi connectivity index (χ3v) is 4.58. The van der Waals surface area contributed by atoms with Crippen LogP contribution >= 0.6 is 0 Å². The number of methoxy groups -OCH3 is 1. The molecular formula is C20H25FN4O. The molecule has 0 aromatic heterocycles. The maximum absolute atomic E-state index is 13.0. The lowest BCUT2D eigenvalue weighted by Gasteiger charge is -2.38. The minimum absolute atomic E-state index is 0.217. The molecule has 2 aromatic rings. The maximum Gasteiger partial charge on any atom is 0.194 e. The fourth-order valence-corrected chi connectivity index (χ4v) is 3.17. The summed E-state index contributed by atoms with van der Waals surface area (Å²) in [5.74, 6) is 1.55. The highest BCUT2D eigenvalue weighted by molar-refractivity contribution is 5.80. The molecule has 0 amide bonds. The fourth-order valence-electron chi connectivity index (χ4n) is 3.17. The predicted molar refractivity (Wildman–Crippen MR) is 103 cm³/mol. The Balaban J connectivity index is 1.56. The number of nitrogens with zero attached hydrogens (tertiary/aromatic N) is 3. The van der Waals surface area contributed by atoms with Gasteiger partial charge in [0.2, 0.25) is 0 Å². The number of nitrogens with one attached hydrogen (secondary N) is 1. The lowest BCUT2D eigenvalue weighted by atomic mass is 10.2. The van der Waals surface area contributed by atoms with Crippen LogP contribution in [0.5, 0.6) is 5.75 Å². The number of halogens is 1. The van der Waals surface area contributed by atoms with Gasteiger partial charge in [-0.15, -0.1) is 0 Å². The zero-order valence-electron chi connectivity index (χ0n) is 15.3. The molecule has 138 valence electrons. The van der Waals surface area contributed by atoms with E-state index < -0.39 is 0 Å². The Bertz CT molecular complexity index is 740. The first-order chi connectivity index (χ1) is 12.7. The Morgan fingerprint density at radius 3 is 2.42 bits per heavy atom. The molecule has 26 heavy (non-hydrogen) atoms. The van der Waals surface area contributed by atoms with Crippen molar-refractivity contribution in [1.82, 2.24) is 10.2 Å². The number of piperazine rings is 1. The summed E-state index contributed by atoms with van der Waals surface area (Å²) in [5.41, 5.74) is 2.16. The highest BCUT2D eigenvalue weighted by Crippen LogP contribution is 2.28. The van der Waals surface area contributed by atoms with Gasteiger partial charge in [-0.05, 0) is 29.8 Å². The number of para-hydroxylation sites is 2. The van der Waals surface area contributed by atoms with Crippen LogP contribution in [-0.4, -0.2) is 51.2 Å². The van der Waals surface area contributed by atoms with E-state index in [4.69, 9.17) is 4.74 Å². The Morgan fingerprint density at radius 2 is 1.77 bits per heavy atom. The normalized spacial score (nSPS) is 15.1. The molecule has 2 aromatic carbocycles. The van der Waals surface area contributed by atoms with E-state index in [-0.39, 0.29) is 5.82 Å². The van der Waals surface area contributed by atoms with Crippen molar-refractivity contribution in [2.75, 3.05) is 45.2 Å². The van der Waals surface area contributed by atoms with E-state index in [0.717, 1.165) is 49.1 Å². The quantitative estimate of drug-likeness (QED) is 0.676. The molecule has 0 saturated carbocycles. The molecule has 0 aliphatic carbocycles. The number of rotatable bonds is 4. The molecule has 3 rings (SSSR count). The van der Waals surface area contributed by atoms with Gasteiger partial charge in [-0.2, -0.15) is 0 Å². The lowest BCUT2D eigenvalue weighted by Crippen LogP contribution is -2.52. The minimum Gasteiger partial charge on any atom is -0.495 e. The van der Waals surface area contributed by atoms with Crippen LogP contribution in [0.3, 0.4) is 0 Å². The van der Waals surface area contributed by atoms with Crippen molar-refractivity contribution in [1.29, 1.82) is 0 Å². The van der Waals surface area contributed by atoms with Gasteiger partial charge in [0.25, 0.3) is 0 Å². The monoisotopic (exact) mass is 356 g/mol. The Kier molecular flexibility index (Phi) is 5.94. The molecule has 1 heterocycles. The molecule has 0 radical (unpaired) electrons. The molecule has 5 nitrogen and oxygen atoms in total. The van der Waals surface area contributed by atoms with Gasteiger partial charge >= 0.3 is 0 Å². The summed E-state index contributed by atoms with van der Waals surface area (Å²) < 4.78 is 18.5. The van der Waals surface area contributed by atoms with Gasteiger partial charge in [0.1, 0.15) is 11.6 Å². The Hall–Kier alpha value is -2.76. The van der Waals surface area contributed by atoms with Gasteiger partial charge in [-0.25, -0.2) is 4.39 Å². The molecule has 0 unspecified atom stereocenters. The number of benzene rings is 2. The van der Waals surface area contributed by atoms with Gasteiger partial charge in [-0.3, -0.25) is 4.99 Å². The highest BCUT2D eigenvalue weighted by atomic mass is 19.1. The zero-order valence-corrected chi connectivity index (χ0v) is 15.3. The van der Waals surface area contributed by atoms with Crippen LogP contribution in [0.2, 0.25) is 0 Å².